The number of hydrogen-bond donors (Lipinski definition) is 4. The van der Waals surface area contributed by atoms with Crippen LogP contribution in [-0.2, 0) is 0 Å². The zero-order chi connectivity index (χ0) is 66.5. The number of halogens is 6. The number of fused-ring (bicyclic) bond motifs is 15. The Hall–Kier alpha value is -1.36. The van der Waals surface area contributed by atoms with Crippen molar-refractivity contribution in [2.75, 3.05) is 6.61 Å². The van der Waals surface area contributed by atoms with Crippen molar-refractivity contribution < 1.29 is 46.8 Å². The number of rotatable bonds is 13. The Morgan fingerprint density at radius 2 is 0.739 bits per heavy atom. The standard InChI is InChI=1S/C27H40F6O.C27H46O2.C27H46O.CH4/c1-16(9-14-25(4,26(28,29)30)27(31,32)33)20-7-8-21-19-6-5-17-15-18(34)10-12-23(17,2)22(19)11-13-24(20,21)3;1-18(17-28)6-5-7-19(2)23-10-11-24-22-9-8-20-16-21(29)12-14-26(20,3)25(22)13-15-27(23,24)4;1-18(11-14-25(2,3)4)22-9-10-23-21-8-7-19-17-20(28)12-15-26(19,5)24(21)13-16-27(22,23)6;/h5,16,18-22,34H,6-15H2,1-4H3;8,18-19,21-25,28-29H,5-7,9-17H2,1-4H3;7,18,20-24,28H,8-17H2,1-6H3;1H4/t16?,18-,19?,20?,21?,22?,23?,24?;18?,19-,21+,22?,23-,24?,25?,26+,27-;18-,20+,21+,22-,23+,24+,26+,27-;/m011./s1. The van der Waals surface area contributed by atoms with E-state index in [1.165, 1.54) is 115 Å². The molecule has 92 heavy (non-hydrogen) atoms. The molecule has 12 aliphatic carbocycles. The molecule has 0 aromatic heterocycles. The van der Waals surface area contributed by atoms with Crippen molar-refractivity contribution in [3.8, 4) is 0 Å². The van der Waals surface area contributed by atoms with Crippen LogP contribution in [0, 0.1) is 138 Å². The normalized spacial score (nSPS) is 44.3. The van der Waals surface area contributed by atoms with Crippen LogP contribution >= 0.6 is 0 Å². The van der Waals surface area contributed by atoms with E-state index in [9.17, 15) is 46.8 Å². The van der Waals surface area contributed by atoms with Gasteiger partial charge in [-0.05, 0) is 326 Å². The van der Waals surface area contributed by atoms with Crippen LogP contribution in [0.1, 0.15) is 303 Å². The second kappa shape index (κ2) is 27.6. The van der Waals surface area contributed by atoms with Crippen LogP contribution in [0.2, 0.25) is 0 Å². The van der Waals surface area contributed by atoms with E-state index >= 15 is 0 Å². The van der Waals surface area contributed by atoms with Gasteiger partial charge in [0.05, 0.1) is 18.3 Å². The van der Waals surface area contributed by atoms with Crippen molar-refractivity contribution in [1.82, 2.24) is 0 Å². The van der Waals surface area contributed by atoms with Gasteiger partial charge in [0.25, 0.3) is 0 Å². The largest absolute Gasteiger partial charge is 0.402 e. The van der Waals surface area contributed by atoms with Crippen LogP contribution in [0.25, 0.3) is 0 Å². The molecule has 11 unspecified atom stereocenters. The molecule has 0 aromatic carbocycles. The lowest BCUT2D eigenvalue weighted by molar-refractivity contribution is -0.337. The Balaban J connectivity index is 0.000000163. The summed E-state index contributed by atoms with van der Waals surface area (Å²) in [5.74, 6) is 10.9. The lowest BCUT2D eigenvalue weighted by Crippen LogP contribution is -2.51. The van der Waals surface area contributed by atoms with Crippen molar-refractivity contribution in [2.45, 2.75) is 334 Å². The van der Waals surface area contributed by atoms with Crippen LogP contribution in [0.5, 0.6) is 0 Å². The first-order chi connectivity index (χ1) is 42.4. The molecule has 4 nitrogen and oxygen atoms in total. The fraction of sp³-hybridized carbons (Fsp3) is 0.927. The van der Waals surface area contributed by atoms with Crippen molar-refractivity contribution in [3.63, 3.8) is 0 Å². The summed E-state index contributed by atoms with van der Waals surface area (Å²) in [5.41, 5.74) is 3.40. The maximum atomic E-state index is 13.4. The lowest BCUT2D eigenvalue weighted by atomic mass is 9.47. The SMILES string of the molecule is C.CC(CCC(C)(C(F)(F)F)C(F)(F)F)C1CCC2C3CC=C4C[C@@H](O)CCC4(C)C3CCC12C.CC(CO)CCC[C@@H](C)[C@H]1CCC2C3CC=C4C[C@@H](O)CC[C@]4(C)C3CC[C@@]21C.C[C@H](CCC(C)(C)C)[C@H]1CC[C@H]2[C@@H]3CC=C4C[C@@H](O)CC[C@]4(C)[C@H]3CC[C@]12C. The predicted molar refractivity (Wildman–Crippen MR) is 366 cm³/mol. The third kappa shape index (κ3) is 13.7. The van der Waals surface area contributed by atoms with E-state index in [0.29, 0.717) is 64.3 Å². The second-order valence-electron chi connectivity index (χ2n) is 37.8. The second-order valence-corrected chi connectivity index (χ2v) is 37.8. The van der Waals surface area contributed by atoms with Crippen molar-refractivity contribution in [3.05, 3.63) is 34.9 Å². The van der Waals surface area contributed by atoms with E-state index in [1.807, 2.05) is 6.92 Å². The minimum atomic E-state index is -5.31. The highest BCUT2D eigenvalue weighted by Crippen LogP contribution is 2.71. The van der Waals surface area contributed by atoms with Crippen LogP contribution in [-0.4, -0.2) is 57.7 Å². The monoisotopic (exact) mass is 1300 g/mol. The molecule has 9 saturated carbocycles. The summed E-state index contributed by atoms with van der Waals surface area (Å²) in [6.45, 7) is 32.1. The van der Waals surface area contributed by atoms with Gasteiger partial charge in [0.15, 0.2) is 5.41 Å². The van der Waals surface area contributed by atoms with Crippen molar-refractivity contribution in [1.29, 1.82) is 0 Å². The summed E-state index contributed by atoms with van der Waals surface area (Å²) in [6, 6.07) is 0. The molecule has 12 rings (SSSR count). The minimum Gasteiger partial charge on any atom is -0.396 e. The van der Waals surface area contributed by atoms with Crippen LogP contribution in [0.4, 0.5) is 26.3 Å². The molecule has 0 aliphatic heterocycles. The molecule has 0 aromatic rings. The third-order valence-corrected chi connectivity index (χ3v) is 31.9. The number of aliphatic hydroxyl groups excluding tert-OH is 4. The zero-order valence-corrected chi connectivity index (χ0v) is 59.9. The van der Waals surface area contributed by atoms with Gasteiger partial charge in [-0.15, -0.1) is 0 Å². The van der Waals surface area contributed by atoms with Crippen LogP contribution < -0.4 is 0 Å². The fourth-order valence-electron chi connectivity index (χ4n) is 26.0. The van der Waals surface area contributed by atoms with E-state index in [4.69, 9.17) is 0 Å². The first-order valence-corrected chi connectivity index (χ1v) is 38.3. The molecule has 0 saturated heterocycles. The van der Waals surface area contributed by atoms with Gasteiger partial charge in [0.2, 0.25) is 0 Å². The first-order valence-electron chi connectivity index (χ1n) is 38.3. The molecule has 25 atom stereocenters. The molecule has 10 heteroatoms. The summed E-state index contributed by atoms with van der Waals surface area (Å²) in [4.78, 5) is 0. The highest BCUT2D eigenvalue weighted by molar-refractivity contribution is 5.28. The number of hydrogen-bond acceptors (Lipinski definition) is 4. The van der Waals surface area contributed by atoms with Crippen LogP contribution in [0.3, 0.4) is 0 Å². The van der Waals surface area contributed by atoms with Crippen molar-refractivity contribution >= 4 is 0 Å². The van der Waals surface area contributed by atoms with Crippen LogP contribution in [0.15, 0.2) is 34.9 Å². The van der Waals surface area contributed by atoms with Gasteiger partial charge in [0, 0.05) is 6.61 Å². The number of allylic oxidation sites excluding steroid dienone is 3. The molecule has 0 heterocycles. The first kappa shape index (κ1) is 74.9. The van der Waals surface area contributed by atoms with Gasteiger partial charge in [-0.25, -0.2) is 0 Å². The van der Waals surface area contributed by atoms with Gasteiger partial charge in [-0.1, -0.05) is 145 Å². The Labute approximate surface area is 557 Å². The van der Waals surface area contributed by atoms with Gasteiger partial charge >= 0.3 is 12.4 Å². The smallest absolute Gasteiger partial charge is 0.396 e. The predicted octanol–water partition coefficient (Wildman–Crippen LogP) is 22.9. The Morgan fingerprint density at radius 1 is 0.424 bits per heavy atom. The van der Waals surface area contributed by atoms with Gasteiger partial charge in [-0.3, -0.25) is 0 Å². The molecule has 0 amide bonds. The van der Waals surface area contributed by atoms with Gasteiger partial charge in [-0.2, -0.15) is 26.3 Å². The molecule has 9 fully saturated rings. The molecule has 0 spiro atoms. The molecule has 12 aliphatic rings. The average Bonchev–Trinajstić information content (AvgIpc) is 1.38. The molecule has 0 radical (unpaired) electrons. The average molecular weight is 1300 g/mol. The molecule has 530 valence electrons. The highest BCUT2D eigenvalue weighted by Gasteiger charge is 2.68. The Bertz CT molecular complexity index is 2570. The molecule has 0 bridgehead atoms. The maximum Gasteiger partial charge on any atom is 0.402 e. The summed E-state index contributed by atoms with van der Waals surface area (Å²) >= 11 is 0. The summed E-state index contributed by atoms with van der Waals surface area (Å²) in [6.07, 6.45) is 30.1. The minimum absolute atomic E-state index is 0. The Morgan fingerprint density at radius 3 is 1.04 bits per heavy atom. The van der Waals surface area contributed by atoms with E-state index in [1.54, 1.807) is 11.1 Å². The quantitative estimate of drug-likeness (QED) is 0.109. The molecular weight excluding hydrogens is 1160 g/mol. The summed E-state index contributed by atoms with van der Waals surface area (Å²) < 4.78 is 80.5. The maximum absolute atomic E-state index is 13.4. The molecule has 4 N–H and O–H groups in total. The lowest BCUT2D eigenvalue weighted by Gasteiger charge is -2.58. The van der Waals surface area contributed by atoms with E-state index in [2.05, 4.69) is 101 Å². The topological polar surface area (TPSA) is 80.9 Å². The fourth-order valence-corrected chi connectivity index (χ4v) is 26.0. The zero-order valence-electron chi connectivity index (χ0n) is 59.9. The number of alkyl halides is 6. The highest BCUT2D eigenvalue weighted by atomic mass is 19.4. The van der Waals surface area contributed by atoms with Gasteiger partial charge < -0.3 is 20.4 Å². The van der Waals surface area contributed by atoms with E-state index < -0.39 is 24.2 Å². The Kier molecular flexibility index (Phi) is 22.5. The van der Waals surface area contributed by atoms with Crippen molar-refractivity contribution in [2.24, 2.45) is 138 Å². The van der Waals surface area contributed by atoms with E-state index in [0.717, 1.165) is 136 Å². The van der Waals surface area contributed by atoms with E-state index in [-0.39, 0.29) is 54.8 Å². The number of aliphatic hydroxyl groups is 4. The summed E-state index contributed by atoms with van der Waals surface area (Å²) in [7, 11) is 0. The third-order valence-electron chi connectivity index (χ3n) is 31.9. The van der Waals surface area contributed by atoms with Gasteiger partial charge in [0.1, 0.15) is 0 Å². The molecular formula is C82H136F6O4. The summed E-state index contributed by atoms with van der Waals surface area (Å²) in [5, 5.41) is 39.9.